The minimum Gasteiger partial charge on any atom is -0.490 e. The molecule has 0 saturated carbocycles. The Morgan fingerprint density at radius 3 is 1.86 bits per heavy atom. The van der Waals surface area contributed by atoms with Crippen LogP contribution in [0.15, 0.2) is 84.9 Å². The minimum absolute atomic E-state index is 0.0363. The predicted octanol–water partition coefficient (Wildman–Crippen LogP) is 4.80. The molecular weight excluding hydrogens is 362 g/mol. The highest BCUT2D eigenvalue weighted by Crippen LogP contribution is 2.28. The number of benzene rings is 3. The van der Waals surface area contributed by atoms with Gasteiger partial charge < -0.3 is 14.8 Å². The Hall–Kier alpha value is -3.27. The van der Waals surface area contributed by atoms with Gasteiger partial charge in [-0.3, -0.25) is 4.79 Å². The molecular formula is C25H27NO3. The summed E-state index contributed by atoms with van der Waals surface area (Å²) in [5.41, 5.74) is 2.49. The molecule has 0 fully saturated rings. The van der Waals surface area contributed by atoms with Gasteiger partial charge in [-0.25, -0.2) is 0 Å². The highest BCUT2D eigenvalue weighted by Gasteiger charge is 2.14. The summed E-state index contributed by atoms with van der Waals surface area (Å²) in [6, 6.07) is 28.1. The maximum atomic E-state index is 12.3. The monoisotopic (exact) mass is 389 g/mol. The summed E-state index contributed by atoms with van der Waals surface area (Å²) in [5.74, 6) is 1.32. The van der Waals surface area contributed by atoms with Crippen LogP contribution in [-0.4, -0.2) is 25.7 Å². The summed E-state index contributed by atoms with van der Waals surface area (Å²) in [5, 5.41) is 2.97. The lowest BCUT2D eigenvalue weighted by molar-refractivity contribution is -0.123. The van der Waals surface area contributed by atoms with Crippen LogP contribution in [0.1, 0.15) is 30.4 Å². The minimum atomic E-state index is -0.142. The van der Waals surface area contributed by atoms with Crippen molar-refractivity contribution in [3.05, 3.63) is 96.1 Å². The van der Waals surface area contributed by atoms with Crippen LogP contribution in [0, 0.1) is 0 Å². The summed E-state index contributed by atoms with van der Waals surface area (Å²) < 4.78 is 11.2. The van der Waals surface area contributed by atoms with Crippen molar-refractivity contribution in [1.29, 1.82) is 0 Å². The summed E-state index contributed by atoms with van der Waals surface area (Å²) in [4.78, 5) is 12.3. The molecule has 0 aliphatic rings. The Bertz CT molecular complexity index is 841. The lowest BCUT2D eigenvalue weighted by atomic mass is 9.88. The van der Waals surface area contributed by atoms with Crippen LogP contribution in [0.5, 0.6) is 11.5 Å². The summed E-state index contributed by atoms with van der Waals surface area (Å²) >= 11 is 0. The lowest BCUT2D eigenvalue weighted by Crippen LogP contribution is -2.30. The average Bonchev–Trinajstić information content (AvgIpc) is 2.77. The van der Waals surface area contributed by atoms with Crippen LogP contribution in [-0.2, 0) is 4.79 Å². The first kappa shape index (κ1) is 20.5. The molecule has 0 spiro atoms. The Labute approximate surface area is 172 Å². The molecule has 3 aromatic carbocycles. The molecule has 1 N–H and O–H groups in total. The summed E-state index contributed by atoms with van der Waals surface area (Å²) in [6.45, 7) is 3.00. The van der Waals surface area contributed by atoms with Gasteiger partial charge in [0.1, 0.15) is 0 Å². The van der Waals surface area contributed by atoms with Gasteiger partial charge in [0.05, 0.1) is 6.61 Å². The van der Waals surface area contributed by atoms with Gasteiger partial charge in [0.2, 0.25) is 0 Å². The highest BCUT2D eigenvalue weighted by molar-refractivity contribution is 5.77. The van der Waals surface area contributed by atoms with Gasteiger partial charge in [-0.15, -0.1) is 0 Å². The maximum Gasteiger partial charge on any atom is 0.257 e. The summed E-state index contributed by atoms with van der Waals surface area (Å²) in [6.07, 6.45) is 0.815. The molecule has 0 atom stereocenters. The number of hydrogen-bond donors (Lipinski definition) is 1. The molecule has 0 aliphatic carbocycles. The van der Waals surface area contributed by atoms with Crippen molar-refractivity contribution in [3.63, 3.8) is 0 Å². The number of carbonyl (C=O) groups is 1. The molecule has 0 unspecified atom stereocenters. The Balaban J connectivity index is 1.54. The van der Waals surface area contributed by atoms with E-state index in [4.69, 9.17) is 9.47 Å². The van der Waals surface area contributed by atoms with E-state index in [0.717, 1.165) is 6.42 Å². The molecule has 0 aromatic heterocycles. The smallest absolute Gasteiger partial charge is 0.257 e. The summed E-state index contributed by atoms with van der Waals surface area (Å²) in [7, 11) is 0. The van der Waals surface area contributed by atoms with E-state index in [1.54, 1.807) is 6.07 Å². The average molecular weight is 389 g/mol. The molecule has 0 heterocycles. The molecule has 29 heavy (non-hydrogen) atoms. The first-order valence-corrected chi connectivity index (χ1v) is 9.99. The van der Waals surface area contributed by atoms with E-state index in [1.165, 1.54) is 11.1 Å². The van der Waals surface area contributed by atoms with Gasteiger partial charge in [-0.05, 0) is 36.6 Å². The zero-order valence-corrected chi connectivity index (χ0v) is 16.7. The standard InChI is InChI=1S/C25H27NO3/c1-2-28-23-15-9-10-16-24(23)29-19-25(27)26-18-17-22(20-11-5-3-6-12-20)21-13-7-4-8-14-21/h3-16,22H,2,17-19H2,1H3,(H,26,27). The van der Waals surface area contributed by atoms with Crippen LogP contribution in [0.4, 0.5) is 0 Å². The molecule has 3 aromatic rings. The molecule has 4 nitrogen and oxygen atoms in total. The lowest BCUT2D eigenvalue weighted by Gasteiger charge is -2.18. The second-order valence-electron chi connectivity index (χ2n) is 6.68. The van der Waals surface area contributed by atoms with E-state index in [9.17, 15) is 4.79 Å². The molecule has 1 amide bonds. The van der Waals surface area contributed by atoms with Crippen molar-refractivity contribution in [2.75, 3.05) is 19.8 Å². The molecule has 0 saturated heterocycles. The number of ether oxygens (including phenoxy) is 2. The van der Waals surface area contributed by atoms with Gasteiger partial charge in [0.25, 0.3) is 5.91 Å². The van der Waals surface area contributed by atoms with E-state index >= 15 is 0 Å². The normalized spacial score (nSPS) is 10.6. The van der Waals surface area contributed by atoms with Crippen molar-refractivity contribution in [1.82, 2.24) is 5.32 Å². The largest absolute Gasteiger partial charge is 0.490 e. The van der Waals surface area contributed by atoms with E-state index in [2.05, 4.69) is 29.6 Å². The molecule has 4 heteroatoms. The van der Waals surface area contributed by atoms with Crippen LogP contribution in [0.3, 0.4) is 0 Å². The zero-order chi connectivity index (χ0) is 20.3. The van der Waals surface area contributed by atoms with E-state index < -0.39 is 0 Å². The van der Waals surface area contributed by atoms with Crippen LogP contribution < -0.4 is 14.8 Å². The van der Waals surface area contributed by atoms with Crippen molar-refractivity contribution in [2.24, 2.45) is 0 Å². The zero-order valence-electron chi connectivity index (χ0n) is 16.7. The van der Waals surface area contributed by atoms with Gasteiger partial charge in [-0.1, -0.05) is 72.8 Å². The Morgan fingerprint density at radius 2 is 1.31 bits per heavy atom. The predicted molar refractivity (Wildman–Crippen MR) is 115 cm³/mol. The first-order chi connectivity index (χ1) is 14.3. The maximum absolute atomic E-state index is 12.3. The van der Waals surface area contributed by atoms with E-state index in [-0.39, 0.29) is 18.4 Å². The number of carbonyl (C=O) groups excluding carboxylic acids is 1. The third-order valence-electron chi connectivity index (χ3n) is 4.67. The SMILES string of the molecule is CCOc1ccccc1OCC(=O)NCCC(c1ccccc1)c1ccccc1. The Kier molecular flexibility index (Phi) is 7.70. The van der Waals surface area contributed by atoms with Crippen molar-refractivity contribution in [2.45, 2.75) is 19.3 Å². The van der Waals surface area contributed by atoms with E-state index in [0.29, 0.717) is 24.7 Å². The highest BCUT2D eigenvalue weighted by atomic mass is 16.5. The fourth-order valence-electron chi connectivity index (χ4n) is 3.29. The molecule has 0 radical (unpaired) electrons. The third-order valence-corrected chi connectivity index (χ3v) is 4.67. The molecule has 0 aliphatic heterocycles. The number of hydrogen-bond acceptors (Lipinski definition) is 3. The van der Waals surface area contributed by atoms with Crippen LogP contribution in [0.25, 0.3) is 0 Å². The topological polar surface area (TPSA) is 47.6 Å². The number of rotatable bonds is 10. The van der Waals surface area contributed by atoms with Gasteiger partial charge in [-0.2, -0.15) is 0 Å². The van der Waals surface area contributed by atoms with Gasteiger partial charge >= 0.3 is 0 Å². The van der Waals surface area contributed by atoms with Crippen molar-refractivity contribution < 1.29 is 14.3 Å². The van der Waals surface area contributed by atoms with Crippen LogP contribution in [0.2, 0.25) is 0 Å². The molecule has 150 valence electrons. The van der Waals surface area contributed by atoms with Crippen molar-refractivity contribution >= 4 is 5.91 Å². The number of amides is 1. The first-order valence-electron chi connectivity index (χ1n) is 9.99. The number of para-hydroxylation sites is 2. The number of nitrogens with one attached hydrogen (secondary N) is 1. The quantitative estimate of drug-likeness (QED) is 0.542. The third kappa shape index (κ3) is 6.11. The molecule has 0 bridgehead atoms. The fourth-order valence-corrected chi connectivity index (χ4v) is 3.29. The molecule has 3 rings (SSSR count). The van der Waals surface area contributed by atoms with Crippen molar-refractivity contribution in [3.8, 4) is 11.5 Å². The Morgan fingerprint density at radius 1 is 0.793 bits per heavy atom. The second-order valence-corrected chi connectivity index (χ2v) is 6.68. The van der Waals surface area contributed by atoms with Crippen LogP contribution >= 0.6 is 0 Å². The van der Waals surface area contributed by atoms with E-state index in [1.807, 2.05) is 61.5 Å². The fraction of sp³-hybridized carbons (Fsp3) is 0.240. The van der Waals surface area contributed by atoms with Gasteiger partial charge in [0, 0.05) is 12.5 Å². The van der Waals surface area contributed by atoms with Gasteiger partial charge in [0.15, 0.2) is 18.1 Å². The second kappa shape index (κ2) is 10.9.